The number of hydrogen-bond acceptors (Lipinski definition) is 3. The molecule has 0 fully saturated rings. The van der Waals surface area contributed by atoms with Crippen LogP contribution in [0.1, 0.15) is 11.1 Å². The van der Waals surface area contributed by atoms with Gasteiger partial charge in [-0.05, 0) is 36.6 Å². The zero-order valence-corrected chi connectivity index (χ0v) is 13.8. The van der Waals surface area contributed by atoms with Crippen molar-refractivity contribution in [3.05, 3.63) is 65.7 Å². The molecule has 0 aliphatic rings. The van der Waals surface area contributed by atoms with E-state index in [4.69, 9.17) is 0 Å². The van der Waals surface area contributed by atoms with Crippen molar-refractivity contribution in [2.75, 3.05) is 7.05 Å². The first kappa shape index (κ1) is 17.2. The van der Waals surface area contributed by atoms with Crippen LogP contribution in [0.5, 0.6) is 0 Å². The average Bonchev–Trinajstić information content (AvgIpc) is 2.54. The summed E-state index contributed by atoms with van der Waals surface area (Å²) in [6.45, 7) is 1.87. The Morgan fingerprint density at radius 2 is 1.65 bits per heavy atom. The summed E-state index contributed by atoms with van der Waals surface area (Å²) < 4.78 is 26.2. The molecule has 0 aliphatic heterocycles. The van der Waals surface area contributed by atoms with Crippen molar-refractivity contribution in [3.8, 4) is 0 Å². The molecule has 0 saturated heterocycles. The molecule has 1 N–H and O–H groups in total. The maximum Gasteiger partial charge on any atom is 0.322 e. The SMILES string of the molecule is Cc1ccccc1C[C@@H](C(=O)O)N(C)S(=O)(=O)c1ccccc1. The number of carboxylic acid groups (broad SMARTS) is 1. The largest absolute Gasteiger partial charge is 0.480 e. The Balaban J connectivity index is 2.35. The van der Waals surface area contributed by atoms with Gasteiger partial charge in [0.1, 0.15) is 6.04 Å². The lowest BCUT2D eigenvalue weighted by Crippen LogP contribution is -2.43. The monoisotopic (exact) mass is 333 g/mol. The third kappa shape index (κ3) is 3.78. The zero-order chi connectivity index (χ0) is 17.0. The Kier molecular flexibility index (Phi) is 5.18. The van der Waals surface area contributed by atoms with Crippen LogP contribution in [-0.2, 0) is 21.2 Å². The molecule has 0 bridgehead atoms. The minimum absolute atomic E-state index is 0.0820. The normalized spacial score (nSPS) is 13.0. The Hall–Kier alpha value is -2.18. The maximum absolute atomic E-state index is 12.6. The minimum Gasteiger partial charge on any atom is -0.480 e. The van der Waals surface area contributed by atoms with E-state index in [0.717, 1.165) is 15.4 Å². The van der Waals surface area contributed by atoms with Gasteiger partial charge >= 0.3 is 5.97 Å². The molecule has 0 aromatic heterocycles. The highest BCUT2D eigenvalue weighted by molar-refractivity contribution is 7.89. The van der Waals surface area contributed by atoms with Crippen LogP contribution in [0.25, 0.3) is 0 Å². The first-order valence-electron chi connectivity index (χ1n) is 7.14. The third-order valence-electron chi connectivity index (χ3n) is 3.82. The highest BCUT2D eigenvalue weighted by Gasteiger charge is 2.33. The number of nitrogens with zero attached hydrogens (tertiary/aromatic N) is 1. The lowest BCUT2D eigenvalue weighted by molar-refractivity contribution is -0.141. The van der Waals surface area contributed by atoms with E-state index in [1.54, 1.807) is 18.2 Å². The van der Waals surface area contributed by atoms with Crippen molar-refractivity contribution in [2.45, 2.75) is 24.3 Å². The van der Waals surface area contributed by atoms with Crippen molar-refractivity contribution in [1.82, 2.24) is 4.31 Å². The van der Waals surface area contributed by atoms with Gasteiger partial charge < -0.3 is 5.11 Å². The average molecular weight is 333 g/mol. The molecule has 0 amide bonds. The summed E-state index contributed by atoms with van der Waals surface area (Å²) in [5.41, 5.74) is 1.75. The van der Waals surface area contributed by atoms with E-state index in [9.17, 15) is 18.3 Å². The lowest BCUT2D eigenvalue weighted by Gasteiger charge is -2.25. The van der Waals surface area contributed by atoms with Crippen LogP contribution >= 0.6 is 0 Å². The third-order valence-corrected chi connectivity index (χ3v) is 5.70. The number of benzene rings is 2. The highest BCUT2D eigenvalue weighted by Crippen LogP contribution is 2.20. The summed E-state index contributed by atoms with van der Waals surface area (Å²) in [6.07, 6.45) is 0.116. The molecule has 6 heteroatoms. The highest BCUT2D eigenvalue weighted by atomic mass is 32.2. The van der Waals surface area contributed by atoms with Gasteiger partial charge in [-0.1, -0.05) is 42.5 Å². The van der Waals surface area contributed by atoms with Gasteiger partial charge in [-0.2, -0.15) is 4.31 Å². The van der Waals surface area contributed by atoms with Gasteiger partial charge in [-0.25, -0.2) is 8.42 Å². The van der Waals surface area contributed by atoms with Gasteiger partial charge in [-0.3, -0.25) is 4.79 Å². The molecule has 0 aliphatic carbocycles. The van der Waals surface area contributed by atoms with E-state index in [2.05, 4.69) is 0 Å². The summed E-state index contributed by atoms with van der Waals surface area (Å²) >= 11 is 0. The Morgan fingerprint density at radius 3 is 2.22 bits per heavy atom. The Bertz CT molecular complexity index is 787. The summed E-state index contributed by atoms with van der Waals surface area (Å²) in [5.74, 6) is -1.17. The summed E-state index contributed by atoms with van der Waals surface area (Å²) in [6, 6.07) is 14.0. The Labute approximate surface area is 136 Å². The van der Waals surface area contributed by atoms with Crippen LogP contribution in [0.15, 0.2) is 59.5 Å². The van der Waals surface area contributed by atoms with Crippen LogP contribution < -0.4 is 0 Å². The van der Waals surface area contributed by atoms with Crippen LogP contribution in [-0.4, -0.2) is 36.9 Å². The van der Waals surface area contributed by atoms with Crippen molar-refractivity contribution in [2.24, 2.45) is 0 Å². The van der Waals surface area contributed by atoms with E-state index in [-0.39, 0.29) is 11.3 Å². The number of hydrogen-bond donors (Lipinski definition) is 1. The molecular weight excluding hydrogens is 314 g/mol. The summed E-state index contributed by atoms with van der Waals surface area (Å²) in [5, 5.41) is 9.50. The van der Waals surface area contributed by atoms with E-state index >= 15 is 0 Å². The van der Waals surface area contributed by atoms with Crippen molar-refractivity contribution < 1.29 is 18.3 Å². The van der Waals surface area contributed by atoms with Crippen LogP contribution in [0.4, 0.5) is 0 Å². The molecule has 0 heterocycles. The molecule has 2 aromatic carbocycles. The second-order valence-electron chi connectivity index (χ2n) is 5.32. The van der Waals surface area contributed by atoms with Gasteiger partial charge in [0.15, 0.2) is 0 Å². The molecule has 0 saturated carbocycles. The van der Waals surface area contributed by atoms with E-state index in [1.165, 1.54) is 19.2 Å². The van der Waals surface area contributed by atoms with Crippen molar-refractivity contribution in [1.29, 1.82) is 0 Å². The van der Waals surface area contributed by atoms with E-state index in [1.807, 2.05) is 31.2 Å². The molecule has 23 heavy (non-hydrogen) atoms. The summed E-state index contributed by atoms with van der Waals surface area (Å²) in [4.78, 5) is 11.7. The Morgan fingerprint density at radius 1 is 1.09 bits per heavy atom. The number of carbonyl (C=O) groups is 1. The number of sulfonamides is 1. The molecular formula is C17H19NO4S. The first-order valence-corrected chi connectivity index (χ1v) is 8.58. The van der Waals surface area contributed by atoms with E-state index < -0.39 is 22.0 Å². The fraction of sp³-hybridized carbons (Fsp3) is 0.235. The number of aliphatic carboxylic acids is 1. The molecule has 0 unspecified atom stereocenters. The van der Waals surface area contributed by atoms with Crippen molar-refractivity contribution >= 4 is 16.0 Å². The van der Waals surface area contributed by atoms with Crippen LogP contribution in [0, 0.1) is 6.92 Å². The quantitative estimate of drug-likeness (QED) is 0.880. The van der Waals surface area contributed by atoms with Crippen molar-refractivity contribution in [3.63, 3.8) is 0 Å². The van der Waals surface area contributed by atoms with Gasteiger partial charge in [0.25, 0.3) is 0 Å². The fourth-order valence-corrected chi connectivity index (χ4v) is 3.68. The maximum atomic E-state index is 12.6. The molecule has 5 nitrogen and oxygen atoms in total. The number of likely N-dealkylation sites (N-methyl/N-ethyl adjacent to an activating group) is 1. The van der Waals surface area contributed by atoms with Gasteiger partial charge in [0.05, 0.1) is 4.90 Å². The second-order valence-corrected chi connectivity index (χ2v) is 7.32. The molecule has 2 rings (SSSR count). The minimum atomic E-state index is -3.86. The smallest absolute Gasteiger partial charge is 0.322 e. The molecule has 1 atom stereocenters. The topological polar surface area (TPSA) is 74.7 Å². The van der Waals surface area contributed by atoms with Crippen LogP contribution in [0.3, 0.4) is 0 Å². The fourth-order valence-electron chi connectivity index (χ4n) is 2.35. The molecule has 0 spiro atoms. The molecule has 0 radical (unpaired) electrons. The van der Waals surface area contributed by atoms with Gasteiger partial charge in [0.2, 0.25) is 10.0 Å². The number of carboxylic acids is 1. The molecule has 2 aromatic rings. The predicted molar refractivity (Wildman–Crippen MR) is 87.7 cm³/mol. The van der Waals surface area contributed by atoms with Gasteiger partial charge in [-0.15, -0.1) is 0 Å². The second kappa shape index (κ2) is 6.93. The van der Waals surface area contributed by atoms with Gasteiger partial charge in [0, 0.05) is 7.05 Å². The predicted octanol–water partition coefficient (Wildman–Crippen LogP) is 2.31. The van der Waals surface area contributed by atoms with Crippen LogP contribution in [0.2, 0.25) is 0 Å². The zero-order valence-electron chi connectivity index (χ0n) is 13.0. The standard InChI is InChI=1S/C17H19NO4S/c1-13-8-6-7-9-14(13)12-16(17(19)20)18(2)23(21,22)15-10-4-3-5-11-15/h3-11,16H,12H2,1-2H3,(H,19,20)/t16-/m0/s1. The number of rotatable bonds is 6. The number of aryl methyl sites for hydroxylation is 1. The van der Waals surface area contributed by atoms with E-state index in [0.29, 0.717) is 0 Å². The lowest BCUT2D eigenvalue weighted by atomic mass is 10.0. The first-order chi connectivity index (χ1) is 10.8. The molecule has 122 valence electrons. The summed E-state index contributed by atoms with van der Waals surface area (Å²) in [7, 11) is -2.56.